The van der Waals surface area contributed by atoms with Gasteiger partial charge in [-0.2, -0.15) is 0 Å². The fraction of sp³-hybridized carbons (Fsp3) is 0.381. The van der Waals surface area contributed by atoms with Gasteiger partial charge in [0.25, 0.3) is 5.56 Å². The average molecular weight is 464 g/mol. The largest absolute Gasteiger partial charge is 0.493 e. The van der Waals surface area contributed by atoms with Crippen molar-refractivity contribution in [3.8, 4) is 17.2 Å². The summed E-state index contributed by atoms with van der Waals surface area (Å²) in [6.45, 7) is 2.65. The number of ether oxygens (including phenoxy) is 3. The van der Waals surface area contributed by atoms with E-state index >= 15 is 0 Å². The van der Waals surface area contributed by atoms with Gasteiger partial charge in [-0.1, -0.05) is 25.1 Å². The number of benzene rings is 1. The Balaban J connectivity index is 1.78. The van der Waals surface area contributed by atoms with Gasteiger partial charge in [0.15, 0.2) is 16.7 Å². The van der Waals surface area contributed by atoms with Crippen molar-refractivity contribution in [2.24, 2.45) is 0 Å². The molecule has 0 saturated heterocycles. The molecule has 0 unspecified atom stereocenters. The van der Waals surface area contributed by atoms with Gasteiger partial charge in [0.1, 0.15) is 4.70 Å². The first-order valence-corrected chi connectivity index (χ1v) is 11.6. The molecule has 10 heteroatoms. The van der Waals surface area contributed by atoms with E-state index in [4.69, 9.17) is 14.2 Å². The van der Waals surface area contributed by atoms with E-state index in [1.807, 2.05) is 11.4 Å². The molecule has 3 aromatic rings. The molecule has 1 aromatic carbocycles. The Kier molecular flexibility index (Phi) is 7.80. The lowest BCUT2D eigenvalue weighted by Gasteiger charge is -2.15. The number of hydrogen-bond donors (Lipinski definition) is 1. The molecule has 0 aliphatic carbocycles. The lowest BCUT2D eigenvalue weighted by molar-refractivity contribution is -0.113. The third kappa shape index (κ3) is 5.13. The third-order valence-corrected chi connectivity index (χ3v) is 6.41. The Morgan fingerprint density at radius 3 is 2.52 bits per heavy atom. The molecule has 0 aliphatic heterocycles. The standard InChI is InChI=1S/C21H25N3O5S2/c1-5-6-8-24-20(26)19-14(7-9-30-19)23-21(24)31-12-17(25)22-13-10-15(27-2)18(29-4)16(11-13)28-3/h7,9-11H,5-6,8,12H2,1-4H3,(H,22,25). The average Bonchev–Trinajstić information content (AvgIpc) is 3.25. The molecular formula is C21H25N3O5S2. The van der Waals surface area contributed by atoms with Gasteiger partial charge >= 0.3 is 0 Å². The maximum atomic E-state index is 12.8. The normalized spacial score (nSPS) is 10.8. The number of methoxy groups -OCH3 is 3. The number of carbonyl (C=O) groups excluding carboxylic acids is 1. The Morgan fingerprint density at radius 1 is 1.19 bits per heavy atom. The monoisotopic (exact) mass is 463 g/mol. The second-order valence-corrected chi connectivity index (χ2v) is 8.45. The van der Waals surface area contributed by atoms with Crippen molar-refractivity contribution in [1.29, 1.82) is 0 Å². The van der Waals surface area contributed by atoms with E-state index in [0.29, 0.717) is 44.9 Å². The summed E-state index contributed by atoms with van der Waals surface area (Å²) < 4.78 is 18.3. The van der Waals surface area contributed by atoms with Crippen LogP contribution < -0.4 is 25.1 Å². The number of aromatic nitrogens is 2. The summed E-state index contributed by atoms with van der Waals surface area (Å²) in [5.74, 6) is 1.21. The number of carbonyl (C=O) groups is 1. The number of fused-ring (bicyclic) bond motifs is 1. The van der Waals surface area contributed by atoms with Crippen LogP contribution in [0, 0.1) is 0 Å². The van der Waals surface area contributed by atoms with Crippen LogP contribution in [0.2, 0.25) is 0 Å². The summed E-state index contributed by atoms with van der Waals surface area (Å²) >= 11 is 2.63. The van der Waals surface area contributed by atoms with E-state index in [2.05, 4.69) is 17.2 Å². The molecule has 0 radical (unpaired) electrons. The quantitative estimate of drug-likeness (QED) is 0.359. The molecule has 0 fully saturated rings. The van der Waals surface area contributed by atoms with Crippen molar-refractivity contribution in [3.63, 3.8) is 0 Å². The number of rotatable bonds is 10. The van der Waals surface area contributed by atoms with E-state index in [1.165, 1.54) is 44.4 Å². The molecule has 0 spiro atoms. The number of thioether (sulfide) groups is 1. The molecule has 0 atom stereocenters. The summed E-state index contributed by atoms with van der Waals surface area (Å²) in [4.78, 5) is 30.0. The first-order valence-electron chi connectivity index (χ1n) is 9.73. The van der Waals surface area contributed by atoms with Gasteiger partial charge in [0.05, 0.1) is 32.6 Å². The predicted octanol–water partition coefficient (Wildman–Crippen LogP) is 4.01. The maximum absolute atomic E-state index is 12.8. The van der Waals surface area contributed by atoms with Crippen molar-refractivity contribution in [2.75, 3.05) is 32.4 Å². The van der Waals surface area contributed by atoms with Gasteiger partial charge in [-0.05, 0) is 17.9 Å². The van der Waals surface area contributed by atoms with Crippen molar-refractivity contribution in [1.82, 2.24) is 9.55 Å². The molecule has 3 rings (SSSR count). The number of nitrogens with zero attached hydrogens (tertiary/aromatic N) is 2. The van der Waals surface area contributed by atoms with Gasteiger partial charge in [-0.15, -0.1) is 11.3 Å². The van der Waals surface area contributed by atoms with Gasteiger partial charge < -0.3 is 19.5 Å². The molecule has 0 aliphatic rings. The molecule has 31 heavy (non-hydrogen) atoms. The highest BCUT2D eigenvalue weighted by atomic mass is 32.2. The van der Waals surface area contributed by atoms with Gasteiger partial charge in [-0.3, -0.25) is 14.2 Å². The number of thiophene rings is 1. The Bertz CT molecular complexity index is 1100. The lowest BCUT2D eigenvalue weighted by Crippen LogP contribution is -2.23. The van der Waals surface area contributed by atoms with Crippen LogP contribution in [0.4, 0.5) is 5.69 Å². The van der Waals surface area contributed by atoms with Crippen LogP contribution in [-0.2, 0) is 11.3 Å². The third-order valence-electron chi connectivity index (χ3n) is 4.55. The zero-order chi connectivity index (χ0) is 22.4. The Labute approximate surface area is 188 Å². The second-order valence-electron chi connectivity index (χ2n) is 6.59. The zero-order valence-electron chi connectivity index (χ0n) is 17.9. The van der Waals surface area contributed by atoms with Crippen molar-refractivity contribution in [3.05, 3.63) is 33.9 Å². The topological polar surface area (TPSA) is 91.7 Å². The summed E-state index contributed by atoms with van der Waals surface area (Å²) in [5, 5.41) is 5.24. The lowest BCUT2D eigenvalue weighted by atomic mass is 10.2. The molecular weight excluding hydrogens is 438 g/mol. The van der Waals surface area contributed by atoms with Crippen LogP contribution in [0.5, 0.6) is 17.2 Å². The van der Waals surface area contributed by atoms with Crippen LogP contribution in [-0.4, -0.2) is 42.5 Å². The predicted molar refractivity (Wildman–Crippen MR) is 124 cm³/mol. The van der Waals surface area contributed by atoms with E-state index in [0.717, 1.165) is 12.8 Å². The minimum absolute atomic E-state index is 0.0546. The van der Waals surface area contributed by atoms with Crippen LogP contribution in [0.3, 0.4) is 0 Å². The molecule has 166 valence electrons. The number of amides is 1. The van der Waals surface area contributed by atoms with Crippen LogP contribution >= 0.6 is 23.1 Å². The highest BCUT2D eigenvalue weighted by Gasteiger charge is 2.16. The number of hydrogen-bond acceptors (Lipinski definition) is 8. The minimum atomic E-state index is -0.235. The first kappa shape index (κ1) is 23.0. The summed E-state index contributed by atoms with van der Waals surface area (Å²) in [7, 11) is 4.55. The number of nitrogens with one attached hydrogen (secondary N) is 1. The van der Waals surface area contributed by atoms with Crippen LogP contribution in [0.25, 0.3) is 10.2 Å². The molecule has 1 amide bonds. The summed E-state index contributed by atoms with van der Waals surface area (Å²) in [5.41, 5.74) is 1.13. The minimum Gasteiger partial charge on any atom is -0.493 e. The SMILES string of the molecule is CCCCn1c(SCC(=O)Nc2cc(OC)c(OC)c(OC)c2)nc2ccsc2c1=O. The highest BCUT2D eigenvalue weighted by Crippen LogP contribution is 2.40. The van der Waals surface area contributed by atoms with Crippen LogP contribution in [0.15, 0.2) is 33.5 Å². The maximum Gasteiger partial charge on any atom is 0.272 e. The van der Waals surface area contributed by atoms with Crippen molar-refractivity contribution < 1.29 is 19.0 Å². The molecule has 0 saturated carbocycles. The van der Waals surface area contributed by atoms with E-state index in [-0.39, 0.29) is 17.2 Å². The number of unbranched alkanes of at least 4 members (excludes halogenated alkanes) is 1. The molecule has 2 aromatic heterocycles. The fourth-order valence-corrected chi connectivity index (χ4v) is 4.63. The van der Waals surface area contributed by atoms with Gasteiger partial charge in [0, 0.05) is 24.4 Å². The summed E-state index contributed by atoms with van der Waals surface area (Å²) in [6, 6.07) is 5.15. The smallest absolute Gasteiger partial charge is 0.272 e. The van der Waals surface area contributed by atoms with Gasteiger partial charge in [-0.25, -0.2) is 4.98 Å². The van der Waals surface area contributed by atoms with Crippen molar-refractivity contribution >= 4 is 44.9 Å². The molecule has 0 bridgehead atoms. The first-order chi connectivity index (χ1) is 15.0. The second kappa shape index (κ2) is 10.5. The Morgan fingerprint density at radius 2 is 1.90 bits per heavy atom. The van der Waals surface area contributed by atoms with E-state index < -0.39 is 0 Å². The summed E-state index contributed by atoms with van der Waals surface area (Å²) in [6.07, 6.45) is 1.82. The molecule has 2 heterocycles. The fourth-order valence-electron chi connectivity index (χ4n) is 3.03. The van der Waals surface area contributed by atoms with Crippen LogP contribution in [0.1, 0.15) is 19.8 Å². The van der Waals surface area contributed by atoms with Crippen molar-refractivity contribution in [2.45, 2.75) is 31.5 Å². The molecule has 8 nitrogen and oxygen atoms in total. The zero-order valence-corrected chi connectivity index (χ0v) is 19.5. The highest BCUT2D eigenvalue weighted by molar-refractivity contribution is 7.99. The van der Waals surface area contributed by atoms with E-state index in [1.54, 1.807) is 16.7 Å². The van der Waals surface area contributed by atoms with Gasteiger partial charge in [0.2, 0.25) is 11.7 Å². The number of anilines is 1. The van der Waals surface area contributed by atoms with E-state index in [9.17, 15) is 9.59 Å². The Hall–Kier alpha value is -2.72. The molecule has 1 N–H and O–H groups in total.